The highest BCUT2D eigenvalue weighted by Crippen LogP contribution is 2.37. The number of carbonyl (C=O) groups excluding carboxylic acids is 1. The van der Waals surface area contributed by atoms with Gasteiger partial charge in [-0.3, -0.25) is 0 Å². The summed E-state index contributed by atoms with van der Waals surface area (Å²) in [5.41, 5.74) is 1.22. The van der Waals surface area contributed by atoms with Gasteiger partial charge in [0.05, 0.1) is 12.1 Å². The summed E-state index contributed by atoms with van der Waals surface area (Å²) in [6.07, 6.45) is 1.39. The number of nitrogens with zero attached hydrogens (tertiary/aromatic N) is 2. The maximum absolute atomic E-state index is 12.1. The van der Waals surface area contributed by atoms with Gasteiger partial charge >= 0.3 is 6.09 Å². The minimum Gasteiger partial charge on any atom is -0.444 e. The van der Waals surface area contributed by atoms with Crippen LogP contribution in [-0.2, 0) is 9.57 Å². The van der Waals surface area contributed by atoms with E-state index in [0.29, 0.717) is 32.4 Å². The number of ether oxygens (including phenoxy) is 1. The van der Waals surface area contributed by atoms with Gasteiger partial charge in [-0.15, -0.1) is 0 Å². The number of likely N-dealkylation sites (tertiary alicyclic amines) is 1. The average Bonchev–Trinajstić information content (AvgIpc) is 2.98. The van der Waals surface area contributed by atoms with Gasteiger partial charge in [-0.05, 0) is 39.2 Å². The van der Waals surface area contributed by atoms with Crippen molar-refractivity contribution in [3.63, 3.8) is 0 Å². The van der Waals surface area contributed by atoms with Crippen molar-refractivity contribution in [1.82, 2.24) is 4.90 Å². The number of benzene rings is 1. The SMILES string of the molecule is CC(C)(C)OC(=O)N1CCC([C@]2(O)CC(c3ccccc3)=NO2)CC1. The van der Waals surface area contributed by atoms with E-state index in [1.165, 1.54) is 0 Å². The summed E-state index contributed by atoms with van der Waals surface area (Å²) < 4.78 is 5.41. The summed E-state index contributed by atoms with van der Waals surface area (Å²) in [4.78, 5) is 19.3. The third-order valence-electron chi connectivity index (χ3n) is 4.63. The number of carbonyl (C=O) groups is 1. The summed E-state index contributed by atoms with van der Waals surface area (Å²) in [7, 11) is 0. The fraction of sp³-hybridized carbons (Fsp3) is 0.579. The lowest BCUT2D eigenvalue weighted by molar-refractivity contribution is -0.227. The van der Waals surface area contributed by atoms with Gasteiger partial charge in [-0.1, -0.05) is 35.5 Å². The average molecular weight is 346 g/mol. The lowest BCUT2D eigenvalue weighted by Gasteiger charge is -2.38. The molecule has 2 heterocycles. The van der Waals surface area contributed by atoms with Crippen molar-refractivity contribution in [2.24, 2.45) is 11.1 Å². The molecule has 0 radical (unpaired) electrons. The molecule has 1 N–H and O–H groups in total. The van der Waals surface area contributed by atoms with Gasteiger partial charge in [0, 0.05) is 19.0 Å². The zero-order valence-corrected chi connectivity index (χ0v) is 15.1. The van der Waals surface area contributed by atoms with Crippen molar-refractivity contribution in [2.75, 3.05) is 13.1 Å². The fourth-order valence-corrected chi connectivity index (χ4v) is 3.28. The molecule has 1 aromatic rings. The lowest BCUT2D eigenvalue weighted by Crippen LogP contribution is -2.48. The second-order valence-corrected chi connectivity index (χ2v) is 7.76. The van der Waals surface area contributed by atoms with Crippen molar-refractivity contribution >= 4 is 11.8 Å². The molecule has 0 spiro atoms. The first-order valence-corrected chi connectivity index (χ1v) is 8.78. The van der Waals surface area contributed by atoms with Crippen molar-refractivity contribution < 1.29 is 19.5 Å². The van der Waals surface area contributed by atoms with E-state index in [2.05, 4.69) is 5.16 Å². The largest absolute Gasteiger partial charge is 0.444 e. The predicted octanol–water partition coefficient (Wildman–Crippen LogP) is 3.15. The van der Waals surface area contributed by atoms with Gasteiger partial charge in [0.15, 0.2) is 0 Å². The molecular weight excluding hydrogens is 320 g/mol. The second-order valence-electron chi connectivity index (χ2n) is 7.76. The summed E-state index contributed by atoms with van der Waals surface area (Å²) in [5, 5.41) is 15.0. The van der Waals surface area contributed by atoms with Crippen molar-refractivity contribution in [1.29, 1.82) is 0 Å². The number of amides is 1. The molecule has 1 saturated heterocycles. The van der Waals surface area contributed by atoms with E-state index in [1.54, 1.807) is 4.90 Å². The topological polar surface area (TPSA) is 71.4 Å². The van der Waals surface area contributed by atoms with Crippen LogP contribution in [0.3, 0.4) is 0 Å². The predicted molar refractivity (Wildman–Crippen MR) is 94.2 cm³/mol. The van der Waals surface area contributed by atoms with Crippen LogP contribution in [0, 0.1) is 5.92 Å². The molecule has 6 nitrogen and oxygen atoms in total. The van der Waals surface area contributed by atoms with Crippen molar-refractivity contribution in [3.05, 3.63) is 35.9 Å². The molecule has 1 fully saturated rings. The second kappa shape index (κ2) is 6.67. The highest BCUT2D eigenvalue weighted by molar-refractivity contribution is 6.01. The van der Waals surface area contributed by atoms with Gasteiger partial charge in [0.1, 0.15) is 5.60 Å². The smallest absolute Gasteiger partial charge is 0.410 e. The number of piperidine rings is 1. The Bertz CT molecular complexity index is 645. The Morgan fingerprint density at radius 3 is 2.52 bits per heavy atom. The molecule has 3 rings (SSSR count). The normalized spacial score (nSPS) is 24.6. The lowest BCUT2D eigenvalue weighted by atomic mass is 9.85. The van der Waals surface area contributed by atoms with Gasteiger partial charge < -0.3 is 19.6 Å². The zero-order valence-electron chi connectivity index (χ0n) is 15.1. The van der Waals surface area contributed by atoms with E-state index in [-0.39, 0.29) is 12.0 Å². The van der Waals surface area contributed by atoms with E-state index >= 15 is 0 Å². The summed E-state index contributed by atoms with van der Waals surface area (Å²) in [6.45, 7) is 6.66. The summed E-state index contributed by atoms with van der Waals surface area (Å²) in [6, 6.07) is 9.74. The molecule has 136 valence electrons. The minimum absolute atomic E-state index is 0.0591. The van der Waals surface area contributed by atoms with E-state index < -0.39 is 11.4 Å². The first-order valence-electron chi connectivity index (χ1n) is 8.78. The van der Waals surface area contributed by atoms with Crippen LogP contribution in [0.25, 0.3) is 0 Å². The number of aliphatic hydroxyl groups is 1. The Balaban J connectivity index is 1.56. The van der Waals surface area contributed by atoms with Gasteiger partial charge in [-0.2, -0.15) is 0 Å². The Hall–Kier alpha value is -2.08. The number of oxime groups is 1. The van der Waals surface area contributed by atoms with Crippen LogP contribution in [0.2, 0.25) is 0 Å². The van der Waals surface area contributed by atoms with Crippen LogP contribution in [-0.4, -0.2) is 46.3 Å². The summed E-state index contributed by atoms with van der Waals surface area (Å²) >= 11 is 0. The number of rotatable bonds is 2. The van der Waals surface area contributed by atoms with Crippen LogP contribution in [0.4, 0.5) is 4.79 Å². The quantitative estimate of drug-likeness (QED) is 0.893. The highest BCUT2D eigenvalue weighted by atomic mass is 16.7. The molecule has 1 amide bonds. The third-order valence-corrected chi connectivity index (χ3v) is 4.63. The Kier molecular flexibility index (Phi) is 4.73. The first kappa shape index (κ1) is 17.7. The van der Waals surface area contributed by atoms with Gasteiger partial charge in [0.25, 0.3) is 0 Å². The molecule has 0 saturated carbocycles. The molecule has 0 aliphatic carbocycles. The van der Waals surface area contributed by atoms with Gasteiger partial charge in [-0.25, -0.2) is 4.79 Å². The van der Waals surface area contributed by atoms with Crippen LogP contribution >= 0.6 is 0 Å². The summed E-state index contributed by atoms with van der Waals surface area (Å²) in [5.74, 6) is -1.35. The van der Waals surface area contributed by atoms with E-state index in [1.807, 2.05) is 51.1 Å². The Morgan fingerprint density at radius 1 is 1.28 bits per heavy atom. The van der Waals surface area contributed by atoms with Crippen molar-refractivity contribution in [2.45, 2.75) is 51.4 Å². The van der Waals surface area contributed by atoms with Crippen LogP contribution in [0.15, 0.2) is 35.5 Å². The standard InChI is InChI=1S/C19H26N2O4/c1-18(2,3)24-17(22)21-11-9-15(10-12-21)19(23)13-16(20-25-19)14-7-5-4-6-8-14/h4-8,15,23H,9-13H2,1-3H3/t19-/m0/s1. The third kappa shape index (κ3) is 4.12. The number of hydrogen-bond acceptors (Lipinski definition) is 5. The molecule has 0 aromatic heterocycles. The fourth-order valence-electron chi connectivity index (χ4n) is 3.28. The molecule has 0 unspecified atom stereocenters. The van der Waals surface area contributed by atoms with Crippen LogP contribution in [0.1, 0.15) is 45.6 Å². The Labute approximate surface area is 148 Å². The maximum Gasteiger partial charge on any atom is 0.410 e. The van der Waals surface area contributed by atoms with Crippen LogP contribution in [0.5, 0.6) is 0 Å². The zero-order chi connectivity index (χ0) is 18.1. The van der Waals surface area contributed by atoms with E-state index in [4.69, 9.17) is 9.57 Å². The highest BCUT2D eigenvalue weighted by Gasteiger charge is 2.46. The van der Waals surface area contributed by atoms with Crippen LogP contribution < -0.4 is 0 Å². The maximum atomic E-state index is 12.1. The molecule has 2 aliphatic rings. The van der Waals surface area contributed by atoms with E-state index in [9.17, 15) is 9.90 Å². The van der Waals surface area contributed by atoms with Gasteiger partial charge in [0.2, 0.25) is 5.79 Å². The molecule has 25 heavy (non-hydrogen) atoms. The molecule has 0 bridgehead atoms. The molecule has 2 aliphatic heterocycles. The number of hydrogen-bond donors (Lipinski definition) is 1. The van der Waals surface area contributed by atoms with Crippen molar-refractivity contribution in [3.8, 4) is 0 Å². The molecule has 1 aromatic carbocycles. The Morgan fingerprint density at radius 2 is 1.92 bits per heavy atom. The molecule has 1 atom stereocenters. The first-order chi connectivity index (χ1) is 11.8. The monoisotopic (exact) mass is 346 g/mol. The molecular formula is C19H26N2O4. The van der Waals surface area contributed by atoms with E-state index in [0.717, 1.165) is 11.3 Å². The minimum atomic E-state index is -1.29. The molecule has 6 heteroatoms.